The predicted octanol–water partition coefficient (Wildman–Crippen LogP) is 2.61. The Morgan fingerprint density at radius 3 is 2.25 bits per heavy atom. The van der Waals surface area contributed by atoms with Crippen LogP contribution in [0.5, 0.6) is 0 Å². The number of quaternary nitrogens is 1. The number of aliphatic hydroxyl groups is 1. The van der Waals surface area contributed by atoms with E-state index < -0.39 is 0 Å². The third kappa shape index (κ3) is 5.80. The maximum absolute atomic E-state index is 11.8. The summed E-state index contributed by atoms with van der Waals surface area (Å²) in [5, 5.41) is 11.0. The van der Waals surface area contributed by atoms with Crippen molar-refractivity contribution >= 4 is 6.09 Å². The van der Waals surface area contributed by atoms with Gasteiger partial charge in [0, 0.05) is 6.42 Å². The minimum absolute atomic E-state index is 0.0722. The van der Waals surface area contributed by atoms with Gasteiger partial charge in [0.15, 0.2) is 0 Å². The molecular formula is C20H26NO3+. The van der Waals surface area contributed by atoms with Crippen molar-refractivity contribution in [3.8, 4) is 11.1 Å². The molecule has 0 aliphatic rings. The minimum atomic E-state index is -0.358. The Morgan fingerprint density at radius 2 is 1.67 bits per heavy atom. The van der Waals surface area contributed by atoms with Crippen LogP contribution in [0, 0.1) is 5.92 Å². The maximum atomic E-state index is 11.8. The van der Waals surface area contributed by atoms with Crippen LogP contribution in [-0.2, 0) is 11.2 Å². The molecule has 0 saturated carbocycles. The van der Waals surface area contributed by atoms with Gasteiger partial charge in [-0.1, -0.05) is 68.4 Å². The lowest BCUT2D eigenvalue weighted by molar-refractivity contribution is -0.610. The molecule has 0 spiro atoms. The average Bonchev–Trinajstić information content (AvgIpc) is 2.60. The number of carbonyl (C=O) groups is 1. The first-order valence-corrected chi connectivity index (χ1v) is 8.35. The SMILES string of the molecule is CC(C)COC(=O)[NH2+]C(CO)Cc1ccc(-c2ccccc2)cc1. The molecule has 0 radical (unpaired) electrons. The molecule has 1 amide bonds. The van der Waals surface area contributed by atoms with Gasteiger partial charge in [0.25, 0.3) is 0 Å². The van der Waals surface area contributed by atoms with Crippen molar-refractivity contribution in [1.29, 1.82) is 0 Å². The molecule has 128 valence electrons. The number of amides is 1. The van der Waals surface area contributed by atoms with Crippen LogP contribution in [0.2, 0.25) is 0 Å². The molecule has 3 N–H and O–H groups in total. The first-order chi connectivity index (χ1) is 11.6. The number of carbonyl (C=O) groups excluding carboxylic acids is 1. The summed E-state index contributed by atoms with van der Waals surface area (Å²) in [7, 11) is 0. The summed E-state index contributed by atoms with van der Waals surface area (Å²) in [5.41, 5.74) is 3.41. The smallest absolute Gasteiger partial charge is 0.420 e. The third-order valence-corrected chi connectivity index (χ3v) is 3.72. The highest BCUT2D eigenvalue weighted by Gasteiger charge is 2.18. The molecule has 0 aliphatic heterocycles. The number of benzene rings is 2. The second-order valence-electron chi connectivity index (χ2n) is 6.40. The zero-order valence-electron chi connectivity index (χ0n) is 14.3. The zero-order chi connectivity index (χ0) is 17.4. The Bertz CT molecular complexity index is 623. The van der Waals surface area contributed by atoms with Crippen LogP contribution in [0.1, 0.15) is 19.4 Å². The first-order valence-electron chi connectivity index (χ1n) is 8.35. The Hall–Kier alpha value is -2.17. The molecule has 4 heteroatoms. The fraction of sp³-hybridized carbons (Fsp3) is 0.350. The fourth-order valence-corrected chi connectivity index (χ4v) is 2.43. The van der Waals surface area contributed by atoms with Crippen molar-refractivity contribution in [3.05, 3.63) is 60.2 Å². The Balaban J connectivity index is 1.92. The number of ether oxygens (including phenoxy) is 1. The lowest BCUT2D eigenvalue weighted by Gasteiger charge is -2.13. The van der Waals surface area contributed by atoms with E-state index in [2.05, 4.69) is 24.3 Å². The van der Waals surface area contributed by atoms with E-state index in [1.165, 1.54) is 10.9 Å². The number of rotatable bonds is 7. The maximum Gasteiger partial charge on any atom is 0.512 e. The van der Waals surface area contributed by atoms with Crippen LogP contribution in [0.15, 0.2) is 54.6 Å². The van der Waals surface area contributed by atoms with Crippen molar-refractivity contribution in [2.75, 3.05) is 13.2 Å². The van der Waals surface area contributed by atoms with Gasteiger partial charge < -0.3 is 9.84 Å². The van der Waals surface area contributed by atoms with Gasteiger partial charge in [-0.2, -0.15) is 4.79 Å². The van der Waals surface area contributed by atoms with Crippen LogP contribution in [0.4, 0.5) is 4.79 Å². The summed E-state index contributed by atoms with van der Waals surface area (Å²) in [6.07, 6.45) is 0.256. The van der Waals surface area contributed by atoms with Gasteiger partial charge in [-0.25, -0.2) is 5.32 Å². The molecule has 0 fully saturated rings. The van der Waals surface area contributed by atoms with Gasteiger partial charge in [-0.3, -0.25) is 0 Å². The largest absolute Gasteiger partial charge is 0.512 e. The highest BCUT2D eigenvalue weighted by molar-refractivity contribution is 5.63. The fourth-order valence-electron chi connectivity index (χ4n) is 2.43. The topological polar surface area (TPSA) is 63.1 Å². The van der Waals surface area contributed by atoms with E-state index in [0.717, 1.165) is 11.1 Å². The molecule has 1 unspecified atom stereocenters. The molecule has 4 nitrogen and oxygen atoms in total. The molecule has 1 atom stereocenters. The summed E-state index contributed by atoms with van der Waals surface area (Å²) < 4.78 is 5.14. The van der Waals surface area contributed by atoms with Crippen molar-refractivity contribution in [3.63, 3.8) is 0 Å². The van der Waals surface area contributed by atoms with Gasteiger partial charge in [0.1, 0.15) is 6.04 Å². The molecular weight excluding hydrogens is 302 g/mol. The predicted molar refractivity (Wildman–Crippen MR) is 94.6 cm³/mol. The minimum Gasteiger partial charge on any atom is -0.420 e. The Morgan fingerprint density at radius 1 is 1.04 bits per heavy atom. The highest BCUT2D eigenvalue weighted by atomic mass is 16.5. The molecule has 0 bridgehead atoms. The van der Waals surface area contributed by atoms with E-state index in [1.54, 1.807) is 0 Å². The summed E-state index contributed by atoms with van der Waals surface area (Å²) in [5.74, 6) is 0.306. The summed E-state index contributed by atoms with van der Waals surface area (Å²) in [6.45, 7) is 4.31. The first kappa shape index (κ1) is 18.2. The van der Waals surface area contributed by atoms with Gasteiger partial charge in [0.05, 0.1) is 13.2 Å². The van der Waals surface area contributed by atoms with Crippen LogP contribution in [-0.4, -0.2) is 30.5 Å². The monoisotopic (exact) mass is 328 g/mol. The third-order valence-electron chi connectivity index (χ3n) is 3.72. The summed E-state index contributed by atoms with van der Waals surface area (Å²) >= 11 is 0. The van der Waals surface area contributed by atoms with Crippen molar-refractivity contribution in [2.45, 2.75) is 26.3 Å². The highest BCUT2D eigenvalue weighted by Crippen LogP contribution is 2.19. The van der Waals surface area contributed by atoms with Gasteiger partial charge in [0.2, 0.25) is 0 Å². The van der Waals surface area contributed by atoms with E-state index in [0.29, 0.717) is 18.9 Å². The lowest BCUT2D eigenvalue weighted by atomic mass is 10.0. The molecule has 2 aromatic rings. The Kier molecular flexibility index (Phi) is 6.97. The van der Waals surface area contributed by atoms with Crippen molar-refractivity contribution in [2.24, 2.45) is 5.92 Å². The van der Waals surface area contributed by atoms with Crippen LogP contribution in [0.25, 0.3) is 11.1 Å². The normalized spacial score (nSPS) is 12.2. The number of primary amides is 1. The molecule has 0 aliphatic carbocycles. The van der Waals surface area contributed by atoms with E-state index in [-0.39, 0.29) is 18.7 Å². The average molecular weight is 328 g/mol. The Labute approximate surface area is 143 Å². The lowest BCUT2D eigenvalue weighted by Crippen LogP contribution is -2.94. The molecule has 2 rings (SSSR count). The van der Waals surface area contributed by atoms with E-state index >= 15 is 0 Å². The van der Waals surface area contributed by atoms with Crippen LogP contribution < -0.4 is 5.32 Å². The number of nitrogens with two attached hydrogens (primary N) is 1. The van der Waals surface area contributed by atoms with Crippen LogP contribution in [0.3, 0.4) is 0 Å². The second kappa shape index (κ2) is 9.21. The van der Waals surface area contributed by atoms with Gasteiger partial charge in [-0.15, -0.1) is 0 Å². The van der Waals surface area contributed by atoms with Gasteiger partial charge >= 0.3 is 6.09 Å². The molecule has 2 aromatic carbocycles. The van der Waals surface area contributed by atoms with E-state index in [9.17, 15) is 9.90 Å². The zero-order valence-corrected chi connectivity index (χ0v) is 14.3. The van der Waals surface area contributed by atoms with E-state index in [1.807, 2.05) is 44.2 Å². The molecule has 0 saturated heterocycles. The molecule has 24 heavy (non-hydrogen) atoms. The number of aliphatic hydroxyl groups excluding tert-OH is 1. The quantitative estimate of drug-likeness (QED) is 0.821. The molecule has 0 aromatic heterocycles. The molecule has 0 heterocycles. The van der Waals surface area contributed by atoms with Gasteiger partial charge in [-0.05, 0) is 22.6 Å². The van der Waals surface area contributed by atoms with Crippen molar-refractivity contribution in [1.82, 2.24) is 0 Å². The van der Waals surface area contributed by atoms with Crippen molar-refractivity contribution < 1.29 is 20.0 Å². The van der Waals surface area contributed by atoms with E-state index in [4.69, 9.17) is 4.74 Å². The number of hydrogen-bond acceptors (Lipinski definition) is 3. The summed E-state index contributed by atoms with van der Waals surface area (Å²) in [6, 6.07) is 18.2. The van der Waals surface area contributed by atoms with Crippen LogP contribution >= 0.6 is 0 Å². The standard InChI is InChI=1S/C20H25NO3/c1-15(2)14-24-20(23)21-19(13-22)12-16-8-10-18(11-9-16)17-6-4-3-5-7-17/h3-11,15,19,22H,12-14H2,1-2H3,(H,21,23)/p+1. The number of hydrogen-bond donors (Lipinski definition) is 2. The second-order valence-corrected chi connectivity index (χ2v) is 6.40. The summed E-state index contributed by atoms with van der Waals surface area (Å²) in [4.78, 5) is 11.8.